The van der Waals surface area contributed by atoms with Gasteiger partial charge in [0.2, 0.25) is 5.13 Å². The molecule has 0 saturated carbocycles. The third kappa shape index (κ3) is 4.19. The average Bonchev–Trinajstić information content (AvgIpc) is 3.36. The molecule has 0 radical (unpaired) electrons. The van der Waals surface area contributed by atoms with E-state index in [1.54, 1.807) is 0 Å². The number of anilines is 1. The van der Waals surface area contributed by atoms with Crippen LogP contribution in [0.25, 0.3) is 11.0 Å². The average molecular weight is 413 g/mol. The van der Waals surface area contributed by atoms with E-state index in [9.17, 15) is 0 Å². The second kappa shape index (κ2) is 8.77. The molecule has 1 aromatic carbocycles. The second-order valence-electron chi connectivity index (χ2n) is 7.09. The molecule has 1 saturated heterocycles. The van der Waals surface area contributed by atoms with Crippen LogP contribution in [0.1, 0.15) is 18.6 Å². The molecule has 4 rings (SSSR count). The van der Waals surface area contributed by atoms with Gasteiger partial charge < -0.3 is 19.7 Å². The van der Waals surface area contributed by atoms with Crippen molar-refractivity contribution in [2.75, 3.05) is 44.7 Å². The van der Waals surface area contributed by atoms with Crippen LogP contribution >= 0.6 is 11.5 Å². The fraction of sp³-hybridized carbons (Fsp3) is 0.500. The summed E-state index contributed by atoms with van der Waals surface area (Å²) in [6.07, 6.45) is 0.888. The summed E-state index contributed by atoms with van der Waals surface area (Å²) in [7, 11) is 1.85. The van der Waals surface area contributed by atoms with Crippen LogP contribution in [0.2, 0.25) is 0 Å². The number of aromatic nitrogens is 4. The number of fused-ring (bicyclic) bond motifs is 1. The maximum Gasteiger partial charge on any atom is 0.205 e. The Morgan fingerprint density at radius 2 is 1.97 bits per heavy atom. The van der Waals surface area contributed by atoms with Gasteiger partial charge in [0.1, 0.15) is 11.6 Å². The highest BCUT2D eigenvalue weighted by atomic mass is 32.1. The number of hydrogen-bond donors (Lipinski definition) is 1. The minimum atomic E-state index is 0.810. The van der Waals surface area contributed by atoms with Crippen molar-refractivity contribution in [3.63, 3.8) is 0 Å². The zero-order chi connectivity index (χ0) is 20.2. The lowest BCUT2D eigenvalue weighted by atomic mass is 10.3. The Balaban J connectivity index is 1.31. The van der Waals surface area contributed by atoms with Crippen molar-refractivity contribution in [1.82, 2.24) is 29.1 Å². The fourth-order valence-electron chi connectivity index (χ4n) is 3.72. The van der Waals surface area contributed by atoms with Gasteiger partial charge in [-0.25, -0.2) is 9.97 Å². The fourth-order valence-corrected chi connectivity index (χ4v) is 4.52. The maximum atomic E-state index is 4.64. The molecule has 1 aliphatic rings. The highest BCUT2D eigenvalue weighted by Gasteiger charge is 2.22. The van der Waals surface area contributed by atoms with Crippen LogP contribution in [-0.4, -0.2) is 69.5 Å². The smallest absolute Gasteiger partial charge is 0.205 e. The minimum Gasteiger partial charge on any atom is -0.354 e. The van der Waals surface area contributed by atoms with Crippen molar-refractivity contribution < 1.29 is 0 Å². The summed E-state index contributed by atoms with van der Waals surface area (Å²) in [5.74, 6) is 2.94. The van der Waals surface area contributed by atoms with Crippen molar-refractivity contribution in [2.24, 2.45) is 4.99 Å². The molecule has 1 N–H and O–H groups in total. The van der Waals surface area contributed by atoms with Crippen molar-refractivity contribution in [2.45, 2.75) is 26.8 Å². The molecule has 154 valence electrons. The molecule has 0 amide bonds. The van der Waals surface area contributed by atoms with E-state index in [4.69, 9.17) is 0 Å². The summed E-state index contributed by atoms with van der Waals surface area (Å²) in [6, 6.07) is 8.28. The molecule has 3 heterocycles. The summed E-state index contributed by atoms with van der Waals surface area (Å²) in [4.78, 5) is 18.4. The van der Waals surface area contributed by atoms with Crippen LogP contribution in [0.15, 0.2) is 29.3 Å². The highest BCUT2D eigenvalue weighted by Crippen LogP contribution is 2.19. The molecule has 3 aromatic rings. The molecule has 29 heavy (non-hydrogen) atoms. The van der Waals surface area contributed by atoms with E-state index in [-0.39, 0.29) is 0 Å². The van der Waals surface area contributed by atoms with Crippen LogP contribution in [0.5, 0.6) is 0 Å². The molecule has 0 unspecified atom stereocenters. The summed E-state index contributed by atoms with van der Waals surface area (Å²) < 4.78 is 6.66. The lowest BCUT2D eigenvalue weighted by molar-refractivity contribution is 0.371. The topological polar surface area (TPSA) is 74.5 Å². The van der Waals surface area contributed by atoms with Gasteiger partial charge in [-0.2, -0.15) is 4.37 Å². The molecule has 9 heteroatoms. The quantitative estimate of drug-likeness (QED) is 0.511. The summed E-state index contributed by atoms with van der Waals surface area (Å²) in [5.41, 5.74) is 2.23. The van der Waals surface area contributed by atoms with Crippen LogP contribution in [0.4, 0.5) is 5.13 Å². The third-order valence-electron chi connectivity index (χ3n) is 5.30. The number of hydrogen-bond acceptors (Lipinski definition) is 6. The van der Waals surface area contributed by atoms with Gasteiger partial charge in [-0.05, 0) is 19.1 Å². The predicted molar refractivity (Wildman–Crippen MR) is 119 cm³/mol. The summed E-state index contributed by atoms with van der Waals surface area (Å²) in [6.45, 7) is 9.54. The largest absolute Gasteiger partial charge is 0.354 e. The van der Waals surface area contributed by atoms with Gasteiger partial charge in [0.25, 0.3) is 0 Å². The molecule has 8 nitrogen and oxygen atoms in total. The Bertz CT molecular complexity index is 983. The molecule has 0 aliphatic carbocycles. The van der Waals surface area contributed by atoms with E-state index in [1.165, 1.54) is 17.0 Å². The van der Waals surface area contributed by atoms with Gasteiger partial charge in [-0.15, -0.1) is 0 Å². The molecule has 0 atom stereocenters. The first kappa shape index (κ1) is 19.6. The first-order valence-corrected chi connectivity index (χ1v) is 10.9. The second-order valence-corrected chi connectivity index (χ2v) is 7.82. The van der Waals surface area contributed by atoms with Crippen LogP contribution in [-0.2, 0) is 13.0 Å². The van der Waals surface area contributed by atoms with Gasteiger partial charge >= 0.3 is 0 Å². The Labute approximate surface area is 175 Å². The lowest BCUT2D eigenvalue weighted by Gasteiger charge is -2.36. The number of aryl methyl sites for hydroxylation is 2. The summed E-state index contributed by atoms with van der Waals surface area (Å²) >= 11 is 1.50. The Morgan fingerprint density at radius 3 is 2.69 bits per heavy atom. The van der Waals surface area contributed by atoms with E-state index in [1.807, 2.05) is 13.1 Å². The standard InChI is InChI=1S/C20H28N8S/c1-4-18-24-20(29-25-18)27-13-11-26(12-14-27)19(21-3)22-9-10-28-15(2)23-16-7-5-6-8-17(16)28/h5-8H,4,9-14H2,1-3H3,(H,21,22). The number of nitrogens with zero attached hydrogens (tertiary/aromatic N) is 7. The normalized spacial score (nSPS) is 15.3. The number of imidazole rings is 1. The number of guanidine groups is 1. The van der Waals surface area contributed by atoms with Crippen molar-refractivity contribution in [3.05, 3.63) is 35.9 Å². The monoisotopic (exact) mass is 412 g/mol. The van der Waals surface area contributed by atoms with Gasteiger partial charge in [0, 0.05) is 64.3 Å². The number of nitrogens with one attached hydrogen (secondary N) is 1. The van der Waals surface area contributed by atoms with Crippen LogP contribution < -0.4 is 10.2 Å². The number of piperazine rings is 1. The predicted octanol–water partition coefficient (Wildman–Crippen LogP) is 2.16. The zero-order valence-electron chi connectivity index (χ0n) is 17.3. The molecule has 1 aliphatic heterocycles. The zero-order valence-corrected chi connectivity index (χ0v) is 18.1. The number of rotatable bonds is 5. The van der Waals surface area contributed by atoms with E-state index < -0.39 is 0 Å². The van der Waals surface area contributed by atoms with Gasteiger partial charge in [0.15, 0.2) is 5.96 Å². The first-order chi connectivity index (χ1) is 14.2. The molecular formula is C20H28N8S. The van der Waals surface area contributed by atoms with Crippen LogP contribution in [0.3, 0.4) is 0 Å². The van der Waals surface area contributed by atoms with Gasteiger partial charge in [-0.1, -0.05) is 19.1 Å². The van der Waals surface area contributed by atoms with Crippen molar-refractivity contribution in [3.8, 4) is 0 Å². The van der Waals surface area contributed by atoms with Crippen LogP contribution in [0, 0.1) is 6.92 Å². The van der Waals surface area contributed by atoms with E-state index in [0.29, 0.717) is 0 Å². The highest BCUT2D eigenvalue weighted by molar-refractivity contribution is 7.09. The molecular weight excluding hydrogens is 384 g/mol. The number of para-hydroxylation sites is 2. The minimum absolute atomic E-state index is 0.810. The number of benzene rings is 1. The summed E-state index contributed by atoms with van der Waals surface area (Å²) in [5, 5.41) is 4.55. The lowest BCUT2D eigenvalue weighted by Crippen LogP contribution is -2.53. The van der Waals surface area contributed by atoms with E-state index >= 15 is 0 Å². The van der Waals surface area contributed by atoms with Gasteiger partial charge in [0.05, 0.1) is 11.0 Å². The Morgan fingerprint density at radius 1 is 1.17 bits per heavy atom. The third-order valence-corrected chi connectivity index (χ3v) is 6.11. The van der Waals surface area contributed by atoms with E-state index in [0.717, 1.165) is 73.9 Å². The SMILES string of the molecule is CCc1nsc(N2CCN(C(=NC)NCCn3c(C)nc4ccccc43)CC2)n1. The van der Waals surface area contributed by atoms with E-state index in [2.05, 4.69) is 71.1 Å². The Hall–Kier alpha value is -2.68. The first-order valence-electron chi connectivity index (χ1n) is 10.1. The van der Waals surface area contributed by atoms with Gasteiger partial charge in [-0.3, -0.25) is 4.99 Å². The Kier molecular flexibility index (Phi) is 5.94. The number of aliphatic imine (C=N–C) groups is 1. The van der Waals surface area contributed by atoms with Crippen molar-refractivity contribution >= 4 is 33.7 Å². The van der Waals surface area contributed by atoms with Crippen molar-refractivity contribution in [1.29, 1.82) is 0 Å². The molecule has 0 bridgehead atoms. The maximum absolute atomic E-state index is 4.64. The molecule has 2 aromatic heterocycles. The molecule has 1 fully saturated rings. The molecule has 0 spiro atoms.